The first kappa shape index (κ1) is 14.0. The van der Waals surface area contributed by atoms with Crippen molar-refractivity contribution in [2.45, 2.75) is 19.2 Å². The van der Waals surface area contributed by atoms with Gasteiger partial charge in [0.2, 0.25) is 5.91 Å². The molecule has 1 rings (SSSR count). The summed E-state index contributed by atoms with van der Waals surface area (Å²) >= 11 is 0. The number of esters is 1. The zero-order valence-electron chi connectivity index (χ0n) is 9.32. The summed E-state index contributed by atoms with van der Waals surface area (Å²) in [5.74, 6) is -1.81. The summed E-state index contributed by atoms with van der Waals surface area (Å²) in [6.45, 7) is 0.732. The molecular formula is C11H10F3NO3. The van der Waals surface area contributed by atoms with Gasteiger partial charge in [-0.1, -0.05) is 0 Å². The van der Waals surface area contributed by atoms with Crippen LogP contribution < -0.4 is 5.73 Å². The van der Waals surface area contributed by atoms with Crippen LogP contribution in [0.15, 0.2) is 24.3 Å². The molecule has 0 aliphatic carbocycles. The molecule has 0 saturated carbocycles. The number of alkyl halides is 3. The topological polar surface area (TPSA) is 69.4 Å². The molecule has 0 radical (unpaired) electrons. The number of halogens is 3. The van der Waals surface area contributed by atoms with Crippen molar-refractivity contribution in [1.82, 2.24) is 0 Å². The number of ether oxygens (including phenoxy) is 1. The summed E-state index contributed by atoms with van der Waals surface area (Å²) in [4.78, 5) is 22.1. The average Bonchev–Trinajstić information content (AvgIpc) is 2.27. The molecule has 0 bridgehead atoms. The Balaban J connectivity index is 2.76. The molecule has 1 aromatic carbocycles. The second-order valence-corrected chi connectivity index (χ2v) is 3.53. The maximum atomic E-state index is 12.2. The largest absolute Gasteiger partial charge is 0.449 e. The Morgan fingerprint density at radius 3 is 2.00 bits per heavy atom. The number of amides is 1. The lowest BCUT2D eigenvalue weighted by molar-refractivity contribution is -0.198. The van der Waals surface area contributed by atoms with E-state index >= 15 is 0 Å². The van der Waals surface area contributed by atoms with Gasteiger partial charge in [0.1, 0.15) is 0 Å². The average molecular weight is 261 g/mol. The molecule has 1 unspecified atom stereocenters. The van der Waals surface area contributed by atoms with E-state index in [9.17, 15) is 22.8 Å². The van der Waals surface area contributed by atoms with Gasteiger partial charge in [-0.15, -0.1) is 0 Å². The number of benzene rings is 1. The summed E-state index contributed by atoms with van der Waals surface area (Å²) in [5, 5.41) is 0. The minimum absolute atomic E-state index is 0.0869. The minimum Gasteiger partial charge on any atom is -0.449 e. The number of carbonyl (C=O) groups excluding carboxylic acids is 2. The van der Waals surface area contributed by atoms with Crippen molar-refractivity contribution in [3.8, 4) is 0 Å². The second-order valence-electron chi connectivity index (χ2n) is 3.53. The Kier molecular flexibility index (Phi) is 3.95. The summed E-state index contributed by atoms with van der Waals surface area (Å²) in [6, 6.07) is 4.81. The van der Waals surface area contributed by atoms with Crippen molar-refractivity contribution in [1.29, 1.82) is 0 Å². The Morgan fingerprint density at radius 1 is 1.17 bits per heavy atom. The van der Waals surface area contributed by atoms with Crippen LogP contribution in [-0.4, -0.2) is 24.2 Å². The number of hydrogen-bond acceptors (Lipinski definition) is 3. The summed E-state index contributed by atoms with van der Waals surface area (Å²) in [7, 11) is 0. The molecule has 0 aliphatic heterocycles. The predicted octanol–water partition coefficient (Wildman–Crippen LogP) is 1.89. The van der Waals surface area contributed by atoms with E-state index in [2.05, 4.69) is 4.74 Å². The number of primary amides is 1. The quantitative estimate of drug-likeness (QED) is 0.845. The Hall–Kier alpha value is -2.05. The highest BCUT2D eigenvalue weighted by Gasteiger charge is 2.39. The fourth-order valence-electron chi connectivity index (χ4n) is 1.07. The van der Waals surface area contributed by atoms with E-state index in [4.69, 9.17) is 5.73 Å². The van der Waals surface area contributed by atoms with E-state index in [1.807, 2.05) is 0 Å². The minimum atomic E-state index is -4.61. The van der Waals surface area contributed by atoms with Crippen LogP contribution in [0.1, 0.15) is 27.6 Å². The van der Waals surface area contributed by atoms with E-state index in [0.29, 0.717) is 0 Å². The molecular weight excluding hydrogens is 251 g/mol. The standard InChI is InChI=1S/C11H10F3NO3/c1-6(11(12,13)14)18-10(17)8-4-2-7(3-5-8)9(15)16/h2-6H,1H3,(H2,15,16). The van der Waals surface area contributed by atoms with Crippen LogP contribution in [-0.2, 0) is 4.74 Å². The van der Waals surface area contributed by atoms with Crippen molar-refractivity contribution >= 4 is 11.9 Å². The fourth-order valence-corrected chi connectivity index (χ4v) is 1.07. The molecule has 0 aromatic heterocycles. The lowest BCUT2D eigenvalue weighted by atomic mass is 10.1. The van der Waals surface area contributed by atoms with Crippen molar-refractivity contribution in [2.24, 2.45) is 5.73 Å². The third-order valence-corrected chi connectivity index (χ3v) is 2.15. The highest BCUT2D eigenvalue weighted by Crippen LogP contribution is 2.23. The van der Waals surface area contributed by atoms with Gasteiger partial charge in [0.05, 0.1) is 5.56 Å². The smallest absolute Gasteiger partial charge is 0.425 e. The lowest BCUT2D eigenvalue weighted by Crippen LogP contribution is -2.30. The fraction of sp³-hybridized carbons (Fsp3) is 0.273. The van der Waals surface area contributed by atoms with Crippen molar-refractivity contribution in [3.63, 3.8) is 0 Å². The van der Waals surface area contributed by atoms with Crippen molar-refractivity contribution < 1.29 is 27.5 Å². The Morgan fingerprint density at radius 2 is 1.61 bits per heavy atom. The highest BCUT2D eigenvalue weighted by atomic mass is 19.4. The van der Waals surface area contributed by atoms with Gasteiger partial charge in [-0.3, -0.25) is 4.79 Å². The van der Waals surface area contributed by atoms with Crippen LogP contribution >= 0.6 is 0 Å². The van der Waals surface area contributed by atoms with Gasteiger partial charge < -0.3 is 10.5 Å². The van der Waals surface area contributed by atoms with Gasteiger partial charge >= 0.3 is 12.1 Å². The lowest BCUT2D eigenvalue weighted by Gasteiger charge is -2.16. The third kappa shape index (κ3) is 3.47. The van der Waals surface area contributed by atoms with Gasteiger partial charge in [0.15, 0.2) is 6.10 Å². The molecule has 0 fully saturated rings. The number of rotatable bonds is 3. The molecule has 0 saturated heterocycles. The zero-order chi connectivity index (χ0) is 13.9. The molecule has 0 aliphatic rings. The number of carbonyl (C=O) groups is 2. The first-order valence-electron chi connectivity index (χ1n) is 4.89. The van der Waals surface area contributed by atoms with E-state index in [1.165, 1.54) is 24.3 Å². The molecule has 0 spiro atoms. The van der Waals surface area contributed by atoms with Crippen LogP contribution in [0.3, 0.4) is 0 Å². The maximum absolute atomic E-state index is 12.2. The summed E-state index contributed by atoms with van der Waals surface area (Å²) < 4.78 is 40.7. The van der Waals surface area contributed by atoms with E-state index in [0.717, 1.165) is 6.92 Å². The molecule has 2 N–H and O–H groups in total. The Labute approximate surface area is 101 Å². The van der Waals surface area contributed by atoms with E-state index in [1.54, 1.807) is 0 Å². The second kappa shape index (κ2) is 5.07. The molecule has 98 valence electrons. The highest BCUT2D eigenvalue weighted by molar-refractivity contribution is 5.95. The predicted molar refractivity (Wildman–Crippen MR) is 55.9 cm³/mol. The monoisotopic (exact) mass is 261 g/mol. The first-order valence-corrected chi connectivity index (χ1v) is 4.89. The molecule has 7 heteroatoms. The van der Waals surface area contributed by atoms with Crippen LogP contribution in [0.2, 0.25) is 0 Å². The van der Waals surface area contributed by atoms with Crippen LogP contribution in [0, 0.1) is 0 Å². The Bertz CT molecular complexity index is 454. The molecule has 0 heterocycles. The SMILES string of the molecule is CC(OC(=O)c1ccc(C(N)=O)cc1)C(F)(F)F. The van der Waals surface area contributed by atoms with Gasteiger partial charge in [0, 0.05) is 5.56 Å². The van der Waals surface area contributed by atoms with E-state index < -0.39 is 24.2 Å². The van der Waals surface area contributed by atoms with Gasteiger partial charge in [-0.05, 0) is 31.2 Å². The molecule has 1 atom stereocenters. The normalized spacial score (nSPS) is 12.9. The van der Waals surface area contributed by atoms with E-state index in [-0.39, 0.29) is 11.1 Å². The summed E-state index contributed by atoms with van der Waals surface area (Å²) in [6.07, 6.45) is -6.80. The van der Waals surface area contributed by atoms with Crippen LogP contribution in [0.5, 0.6) is 0 Å². The third-order valence-electron chi connectivity index (χ3n) is 2.15. The molecule has 18 heavy (non-hydrogen) atoms. The van der Waals surface area contributed by atoms with Crippen LogP contribution in [0.4, 0.5) is 13.2 Å². The molecule has 1 aromatic rings. The summed E-state index contributed by atoms with van der Waals surface area (Å²) in [5.41, 5.74) is 5.04. The van der Waals surface area contributed by atoms with Crippen molar-refractivity contribution in [3.05, 3.63) is 35.4 Å². The maximum Gasteiger partial charge on any atom is 0.425 e. The van der Waals surface area contributed by atoms with Gasteiger partial charge in [0.25, 0.3) is 0 Å². The molecule has 4 nitrogen and oxygen atoms in total. The van der Waals surface area contributed by atoms with Gasteiger partial charge in [-0.25, -0.2) is 4.79 Å². The number of hydrogen-bond donors (Lipinski definition) is 1. The van der Waals surface area contributed by atoms with Crippen LogP contribution in [0.25, 0.3) is 0 Å². The van der Waals surface area contributed by atoms with Crippen molar-refractivity contribution in [2.75, 3.05) is 0 Å². The molecule has 1 amide bonds. The van der Waals surface area contributed by atoms with Gasteiger partial charge in [-0.2, -0.15) is 13.2 Å². The zero-order valence-corrected chi connectivity index (χ0v) is 9.32. The number of nitrogens with two attached hydrogens (primary N) is 1. The first-order chi connectivity index (χ1) is 8.21.